The summed E-state index contributed by atoms with van der Waals surface area (Å²) >= 11 is 0. The predicted octanol–water partition coefficient (Wildman–Crippen LogP) is 2.29. The number of aliphatic carboxylic acids is 1. The topological polar surface area (TPSA) is 65.0 Å². The van der Waals surface area contributed by atoms with Gasteiger partial charge in [0.15, 0.2) is 0 Å². The van der Waals surface area contributed by atoms with Crippen LogP contribution in [0.25, 0.3) is 0 Å². The zero-order chi connectivity index (χ0) is 13.3. The molecule has 0 aromatic carbocycles. The molecule has 6 heteroatoms. The molecule has 5 nitrogen and oxygen atoms in total. The first-order valence-electron chi connectivity index (χ1n) is 6.19. The molecule has 0 heterocycles. The molecule has 0 radical (unpaired) electrons. The molecule has 0 aliphatic rings. The average Bonchev–Trinajstić information content (AvgIpc) is 2.26. The molecule has 0 aromatic rings. The van der Waals surface area contributed by atoms with Gasteiger partial charge in [0.1, 0.15) is 0 Å². The number of carboxylic acid groups (broad SMARTS) is 1. The third-order valence-corrected chi connectivity index (χ3v) is 6.14. The molecule has 0 saturated heterocycles. The Balaban J connectivity index is 4.96. The minimum absolute atomic E-state index is 0.0305. The van der Waals surface area contributed by atoms with Crippen molar-refractivity contribution in [1.29, 1.82) is 0 Å². The van der Waals surface area contributed by atoms with Crippen LogP contribution in [0, 0.1) is 0 Å². The molecule has 0 rings (SSSR count). The fourth-order valence-corrected chi connectivity index (χ4v) is 4.90. The molecule has 0 saturated carbocycles. The zero-order valence-corrected chi connectivity index (χ0v) is 12.2. The van der Waals surface area contributed by atoms with Gasteiger partial charge in [0.2, 0.25) is 0 Å². The molecule has 1 N–H and O–H groups in total. The monoisotopic (exact) mass is 264 g/mol. The normalized spacial score (nSPS) is 13.6. The van der Waals surface area contributed by atoms with Gasteiger partial charge in [-0.25, -0.2) is 0 Å². The summed E-state index contributed by atoms with van der Waals surface area (Å²) in [6.45, 7) is 8.97. The van der Waals surface area contributed by atoms with Gasteiger partial charge in [-0.15, -0.1) is 0 Å². The Morgan fingerprint density at radius 2 is 1.47 bits per heavy atom. The van der Waals surface area contributed by atoms with Crippen molar-refractivity contribution in [2.24, 2.45) is 0 Å². The van der Waals surface area contributed by atoms with Gasteiger partial charge in [0.25, 0.3) is 0 Å². The summed E-state index contributed by atoms with van der Waals surface area (Å²) in [5.41, 5.74) is -0.181. The van der Waals surface area contributed by atoms with Crippen molar-refractivity contribution >= 4 is 14.8 Å². The van der Waals surface area contributed by atoms with Crippen LogP contribution < -0.4 is 0 Å². The summed E-state index contributed by atoms with van der Waals surface area (Å²) < 4.78 is 17.1. The molecular formula is C11H24O5Si. The molecule has 0 bridgehead atoms. The highest BCUT2D eigenvalue weighted by molar-refractivity contribution is 6.62. The minimum Gasteiger partial charge on any atom is -0.481 e. The lowest BCUT2D eigenvalue weighted by atomic mass is 10.2. The van der Waals surface area contributed by atoms with Gasteiger partial charge < -0.3 is 18.4 Å². The quantitative estimate of drug-likeness (QED) is 0.613. The lowest BCUT2D eigenvalue weighted by molar-refractivity contribution is -0.137. The maximum Gasteiger partial charge on any atom is 0.504 e. The van der Waals surface area contributed by atoms with Crippen LogP contribution in [-0.2, 0) is 18.1 Å². The summed E-state index contributed by atoms with van der Waals surface area (Å²) in [5.74, 6) is -0.840. The van der Waals surface area contributed by atoms with E-state index in [2.05, 4.69) is 0 Å². The van der Waals surface area contributed by atoms with Gasteiger partial charge >= 0.3 is 14.8 Å². The van der Waals surface area contributed by atoms with Crippen LogP contribution in [0.15, 0.2) is 0 Å². The first-order chi connectivity index (χ1) is 8.06. The van der Waals surface area contributed by atoms with Crippen molar-refractivity contribution in [1.82, 2.24) is 0 Å². The van der Waals surface area contributed by atoms with E-state index in [0.29, 0.717) is 26.2 Å². The van der Waals surface area contributed by atoms with Crippen molar-refractivity contribution in [3.05, 3.63) is 0 Å². The van der Waals surface area contributed by atoms with Crippen molar-refractivity contribution in [3.63, 3.8) is 0 Å². The van der Waals surface area contributed by atoms with Crippen LogP contribution in [0.5, 0.6) is 0 Å². The molecule has 0 fully saturated rings. The number of hydrogen-bond acceptors (Lipinski definition) is 4. The molecule has 0 aromatic heterocycles. The number of carboxylic acids is 1. The van der Waals surface area contributed by atoms with Crippen molar-refractivity contribution < 1.29 is 23.2 Å². The molecule has 0 aliphatic heterocycles. The van der Waals surface area contributed by atoms with Gasteiger partial charge in [-0.05, 0) is 27.2 Å². The van der Waals surface area contributed by atoms with E-state index in [1.54, 1.807) is 0 Å². The van der Waals surface area contributed by atoms with Crippen LogP contribution in [0.1, 0.15) is 40.5 Å². The molecule has 0 aliphatic carbocycles. The molecule has 0 amide bonds. The summed E-state index contributed by atoms with van der Waals surface area (Å²) in [4.78, 5) is 10.9. The number of rotatable bonds is 10. The highest BCUT2D eigenvalue weighted by Gasteiger charge is 2.48. The maximum atomic E-state index is 10.9. The van der Waals surface area contributed by atoms with Crippen LogP contribution in [0.4, 0.5) is 0 Å². The zero-order valence-electron chi connectivity index (χ0n) is 11.2. The Morgan fingerprint density at radius 3 is 1.71 bits per heavy atom. The van der Waals surface area contributed by atoms with Gasteiger partial charge in [0, 0.05) is 25.4 Å². The fourth-order valence-electron chi connectivity index (χ4n) is 1.81. The van der Waals surface area contributed by atoms with E-state index in [1.807, 2.05) is 27.7 Å². The van der Waals surface area contributed by atoms with Crippen LogP contribution in [0.3, 0.4) is 0 Å². The van der Waals surface area contributed by atoms with E-state index >= 15 is 0 Å². The third-order valence-electron chi connectivity index (χ3n) is 2.45. The smallest absolute Gasteiger partial charge is 0.481 e. The number of hydrogen-bond donors (Lipinski definition) is 1. The standard InChI is InChI=1S/C11H24O5Si/c1-5-10(9-11(12)13)17(14-6-2,15-7-3)16-8-4/h10H,5-9H2,1-4H3,(H,12,13). The van der Waals surface area contributed by atoms with Gasteiger partial charge in [0.05, 0.1) is 6.42 Å². The second kappa shape index (κ2) is 8.63. The average molecular weight is 264 g/mol. The summed E-state index contributed by atoms with van der Waals surface area (Å²) in [6.07, 6.45) is 0.710. The first kappa shape index (κ1) is 16.6. The SMILES string of the molecule is CCO[Si](OCC)(OCC)C(CC)CC(=O)O. The van der Waals surface area contributed by atoms with E-state index in [-0.39, 0.29) is 12.0 Å². The van der Waals surface area contributed by atoms with Crippen molar-refractivity contribution in [3.8, 4) is 0 Å². The van der Waals surface area contributed by atoms with Crippen LogP contribution >= 0.6 is 0 Å². The fraction of sp³-hybridized carbons (Fsp3) is 0.909. The molecule has 1 unspecified atom stereocenters. The molecule has 1 atom stereocenters. The second-order valence-corrected chi connectivity index (χ2v) is 6.50. The summed E-state index contributed by atoms with van der Waals surface area (Å²) in [5, 5.41) is 8.94. The maximum absolute atomic E-state index is 10.9. The Hall–Kier alpha value is -0.433. The minimum atomic E-state index is -2.87. The highest BCUT2D eigenvalue weighted by atomic mass is 28.4. The Morgan fingerprint density at radius 1 is 1.06 bits per heavy atom. The molecule has 0 spiro atoms. The van der Waals surface area contributed by atoms with Gasteiger partial charge in [-0.3, -0.25) is 4.79 Å². The number of carbonyl (C=O) groups is 1. The van der Waals surface area contributed by atoms with Crippen LogP contribution in [-0.4, -0.2) is 39.7 Å². The third kappa shape index (κ3) is 5.16. The summed E-state index contributed by atoms with van der Waals surface area (Å²) in [6, 6.07) is 0. The Kier molecular flexibility index (Phi) is 8.41. The van der Waals surface area contributed by atoms with E-state index in [0.717, 1.165) is 0 Å². The van der Waals surface area contributed by atoms with Gasteiger partial charge in [-0.2, -0.15) is 0 Å². The van der Waals surface area contributed by atoms with E-state index in [1.165, 1.54) is 0 Å². The van der Waals surface area contributed by atoms with Gasteiger partial charge in [-0.1, -0.05) is 6.92 Å². The Labute approximate surface area is 104 Å². The lowest BCUT2D eigenvalue weighted by Crippen LogP contribution is -2.50. The second-order valence-electron chi connectivity index (χ2n) is 3.61. The first-order valence-corrected chi connectivity index (χ1v) is 8.00. The van der Waals surface area contributed by atoms with Crippen LogP contribution in [0.2, 0.25) is 5.54 Å². The lowest BCUT2D eigenvalue weighted by Gasteiger charge is -2.34. The summed E-state index contributed by atoms with van der Waals surface area (Å²) in [7, 11) is -2.87. The van der Waals surface area contributed by atoms with Crippen molar-refractivity contribution in [2.45, 2.75) is 46.1 Å². The molecular weight excluding hydrogens is 240 g/mol. The molecule has 17 heavy (non-hydrogen) atoms. The van der Waals surface area contributed by atoms with E-state index in [4.69, 9.17) is 18.4 Å². The largest absolute Gasteiger partial charge is 0.504 e. The van der Waals surface area contributed by atoms with E-state index < -0.39 is 14.8 Å². The van der Waals surface area contributed by atoms with Crippen molar-refractivity contribution in [2.75, 3.05) is 19.8 Å². The highest BCUT2D eigenvalue weighted by Crippen LogP contribution is 2.32. The predicted molar refractivity (Wildman–Crippen MR) is 66.9 cm³/mol. The molecule has 102 valence electrons. The Bertz CT molecular complexity index is 205. The van der Waals surface area contributed by atoms with E-state index in [9.17, 15) is 4.79 Å².